The molecule has 160 valence electrons. The molecule has 1 aromatic heterocycles. The highest BCUT2D eigenvalue weighted by molar-refractivity contribution is 5.92. The highest BCUT2D eigenvalue weighted by Gasteiger charge is 2.10. The number of rotatable bonds is 6. The molecule has 0 unspecified atom stereocenters. The van der Waals surface area contributed by atoms with Crippen LogP contribution >= 0.6 is 0 Å². The van der Waals surface area contributed by atoms with Crippen LogP contribution in [0.2, 0.25) is 0 Å². The molecule has 0 fully saturated rings. The van der Waals surface area contributed by atoms with Gasteiger partial charge in [0.1, 0.15) is 18.1 Å². The molecule has 4 rings (SSSR count). The third-order valence-electron chi connectivity index (χ3n) is 4.79. The topological polar surface area (TPSA) is 109 Å². The first kappa shape index (κ1) is 20.8. The number of hydrogen-bond donors (Lipinski definition) is 3. The molecule has 0 spiro atoms. The number of phenolic OH excluding ortho intramolecular Hbond substituents is 1. The molecule has 0 bridgehead atoms. The molecule has 8 nitrogen and oxygen atoms in total. The number of aryl methyl sites for hydroxylation is 1. The fourth-order valence-electron chi connectivity index (χ4n) is 3.24. The smallest absolute Gasteiger partial charge is 0.265 e. The van der Waals surface area contributed by atoms with Gasteiger partial charge in [0, 0.05) is 5.69 Å². The van der Waals surface area contributed by atoms with Crippen LogP contribution in [0.1, 0.15) is 11.4 Å². The van der Waals surface area contributed by atoms with Crippen molar-refractivity contribution in [3.05, 3.63) is 94.5 Å². The third-order valence-corrected chi connectivity index (χ3v) is 4.79. The number of nitrogens with zero attached hydrogens (tertiary/aromatic N) is 3. The Morgan fingerprint density at radius 3 is 2.53 bits per heavy atom. The fourth-order valence-corrected chi connectivity index (χ4v) is 3.24. The Morgan fingerprint density at radius 2 is 1.78 bits per heavy atom. The summed E-state index contributed by atoms with van der Waals surface area (Å²) in [7, 11) is 0. The van der Waals surface area contributed by atoms with E-state index in [9.17, 15) is 14.7 Å². The zero-order valence-electron chi connectivity index (χ0n) is 17.3. The van der Waals surface area contributed by atoms with Crippen LogP contribution in [0.5, 0.6) is 5.75 Å². The van der Waals surface area contributed by atoms with Crippen LogP contribution in [-0.4, -0.2) is 33.3 Å². The number of aromatic hydroxyl groups is 1. The second-order valence-corrected chi connectivity index (χ2v) is 7.10. The van der Waals surface area contributed by atoms with Crippen LogP contribution in [0.4, 0.5) is 5.69 Å². The summed E-state index contributed by atoms with van der Waals surface area (Å²) < 4.78 is 1.55. The van der Waals surface area contributed by atoms with Gasteiger partial charge in [-0.2, -0.15) is 5.10 Å². The number of amides is 1. The van der Waals surface area contributed by atoms with E-state index in [0.29, 0.717) is 28.1 Å². The number of aromatic nitrogens is 2. The van der Waals surface area contributed by atoms with Crippen LogP contribution < -0.4 is 16.3 Å². The van der Waals surface area contributed by atoms with Crippen molar-refractivity contribution in [2.45, 2.75) is 6.92 Å². The molecule has 1 heterocycles. The van der Waals surface area contributed by atoms with Crippen LogP contribution in [-0.2, 0) is 4.79 Å². The Labute approximate surface area is 183 Å². The number of carbonyl (C=O) groups excluding carboxylic acids is 1. The molecule has 0 aliphatic heterocycles. The first-order chi connectivity index (χ1) is 15.5. The van der Waals surface area contributed by atoms with Gasteiger partial charge < -0.3 is 15.8 Å². The summed E-state index contributed by atoms with van der Waals surface area (Å²) in [4.78, 5) is 29.5. The number of nitrogens with one attached hydrogen (secondary N) is 2. The predicted octanol–water partition coefficient (Wildman–Crippen LogP) is 2.96. The van der Waals surface area contributed by atoms with Gasteiger partial charge in [-0.25, -0.2) is 4.98 Å². The SMILES string of the molecule is Cc1nc2ccccc2c(=O)n1-c1ccc(NC(=O)CN/N=C/c2ccc(O)cc2)cc1. The lowest BCUT2D eigenvalue weighted by Crippen LogP contribution is -2.25. The zero-order chi connectivity index (χ0) is 22.5. The molecule has 0 saturated heterocycles. The van der Waals surface area contributed by atoms with Crippen LogP contribution in [0.3, 0.4) is 0 Å². The lowest BCUT2D eigenvalue weighted by atomic mass is 10.2. The minimum absolute atomic E-state index is 0.0104. The molecule has 0 radical (unpaired) electrons. The van der Waals surface area contributed by atoms with E-state index < -0.39 is 0 Å². The predicted molar refractivity (Wildman–Crippen MR) is 124 cm³/mol. The van der Waals surface area contributed by atoms with Crippen molar-refractivity contribution in [1.82, 2.24) is 15.0 Å². The van der Waals surface area contributed by atoms with Gasteiger partial charge in [0.25, 0.3) is 5.56 Å². The minimum atomic E-state index is -0.263. The Bertz CT molecular complexity index is 1340. The first-order valence-corrected chi connectivity index (χ1v) is 9.95. The van der Waals surface area contributed by atoms with E-state index in [1.165, 1.54) is 0 Å². The Morgan fingerprint density at radius 1 is 1.06 bits per heavy atom. The number of hydrazone groups is 1. The van der Waals surface area contributed by atoms with E-state index in [-0.39, 0.29) is 23.8 Å². The molecule has 1 amide bonds. The lowest BCUT2D eigenvalue weighted by molar-refractivity contribution is -0.115. The van der Waals surface area contributed by atoms with Crippen molar-refractivity contribution in [2.75, 3.05) is 11.9 Å². The summed E-state index contributed by atoms with van der Waals surface area (Å²) in [5.74, 6) is 0.500. The summed E-state index contributed by atoms with van der Waals surface area (Å²) in [6, 6.07) is 20.7. The van der Waals surface area contributed by atoms with E-state index in [1.807, 2.05) is 18.2 Å². The highest BCUT2D eigenvalue weighted by Crippen LogP contribution is 2.15. The summed E-state index contributed by atoms with van der Waals surface area (Å²) in [5.41, 5.74) is 5.26. The summed E-state index contributed by atoms with van der Waals surface area (Å²) in [6.45, 7) is 1.78. The third kappa shape index (κ3) is 4.65. The van der Waals surface area contributed by atoms with Gasteiger partial charge in [-0.15, -0.1) is 0 Å². The van der Waals surface area contributed by atoms with Crippen molar-refractivity contribution >= 4 is 28.7 Å². The van der Waals surface area contributed by atoms with Crippen molar-refractivity contribution in [2.24, 2.45) is 5.10 Å². The van der Waals surface area contributed by atoms with Crippen molar-refractivity contribution in [3.8, 4) is 11.4 Å². The number of benzene rings is 3. The van der Waals surface area contributed by atoms with Gasteiger partial charge in [-0.05, 0) is 73.2 Å². The molecular weight excluding hydrogens is 406 g/mol. The van der Waals surface area contributed by atoms with E-state index in [1.54, 1.807) is 72.3 Å². The van der Waals surface area contributed by atoms with Gasteiger partial charge in [0.2, 0.25) is 5.91 Å². The van der Waals surface area contributed by atoms with Crippen molar-refractivity contribution in [1.29, 1.82) is 0 Å². The molecule has 8 heteroatoms. The maximum Gasteiger partial charge on any atom is 0.265 e. The van der Waals surface area contributed by atoms with Gasteiger partial charge in [-0.3, -0.25) is 14.2 Å². The number of para-hydroxylation sites is 1. The average Bonchev–Trinajstić information content (AvgIpc) is 2.79. The van der Waals surface area contributed by atoms with E-state index in [4.69, 9.17) is 0 Å². The lowest BCUT2D eigenvalue weighted by Gasteiger charge is -2.12. The van der Waals surface area contributed by atoms with Gasteiger partial charge in [0.05, 0.1) is 22.8 Å². The summed E-state index contributed by atoms with van der Waals surface area (Å²) in [5, 5.41) is 16.6. The number of carbonyl (C=O) groups is 1. The molecular formula is C24H21N5O3. The number of hydrogen-bond acceptors (Lipinski definition) is 6. The maximum absolute atomic E-state index is 12.9. The fraction of sp³-hybridized carbons (Fsp3) is 0.0833. The normalized spacial score (nSPS) is 11.0. The van der Waals surface area contributed by atoms with Gasteiger partial charge >= 0.3 is 0 Å². The Hall–Kier alpha value is -4.46. The number of fused-ring (bicyclic) bond motifs is 1. The Balaban J connectivity index is 1.40. The van der Waals surface area contributed by atoms with E-state index >= 15 is 0 Å². The summed E-state index contributed by atoms with van der Waals surface area (Å²) >= 11 is 0. The van der Waals surface area contributed by atoms with Crippen molar-refractivity contribution < 1.29 is 9.90 Å². The quantitative estimate of drug-likeness (QED) is 0.324. The maximum atomic E-state index is 12.9. The monoisotopic (exact) mass is 427 g/mol. The standard InChI is InChI=1S/C24H21N5O3/c1-16-27-22-5-3-2-4-21(22)24(32)29(16)19-10-8-18(9-11-19)28-23(31)15-26-25-14-17-6-12-20(30)13-7-17/h2-14,26,30H,15H2,1H3,(H,28,31)/b25-14+. The minimum Gasteiger partial charge on any atom is -0.508 e. The highest BCUT2D eigenvalue weighted by atomic mass is 16.3. The van der Waals surface area contributed by atoms with Crippen LogP contribution in [0.15, 0.2) is 82.7 Å². The second kappa shape index (κ2) is 9.13. The van der Waals surface area contributed by atoms with Crippen LogP contribution in [0.25, 0.3) is 16.6 Å². The number of anilines is 1. The van der Waals surface area contributed by atoms with E-state index in [0.717, 1.165) is 5.56 Å². The molecule has 32 heavy (non-hydrogen) atoms. The molecule has 3 N–H and O–H groups in total. The average molecular weight is 427 g/mol. The van der Waals surface area contributed by atoms with Gasteiger partial charge in [0.15, 0.2) is 0 Å². The van der Waals surface area contributed by atoms with E-state index in [2.05, 4.69) is 20.8 Å². The molecule has 4 aromatic rings. The molecule has 0 saturated carbocycles. The Kier molecular flexibility index (Phi) is 5.94. The molecule has 0 aliphatic carbocycles. The summed E-state index contributed by atoms with van der Waals surface area (Å²) in [6.07, 6.45) is 1.55. The molecule has 0 aliphatic rings. The van der Waals surface area contributed by atoms with Crippen LogP contribution in [0, 0.1) is 6.92 Å². The molecule has 3 aromatic carbocycles. The second-order valence-electron chi connectivity index (χ2n) is 7.10. The van der Waals surface area contributed by atoms with Gasteiger partial charge in [-0.1, -0.05) is 12.1 Å². The molecule has 0 atom stereocenters. The number of phenols is 1. The largest absolute Gasteiger partial charge is 0.508 e. The zero-order valence-corrected chi connectivity index (χ0v) is 17.3. The first-order valence-electron chi connectivity index (χ1n) is 9.95. The van der Waals surface area contributed by atoms with Crippen molar-refractivity contribution in [3.63, 3.8) is 0 Å².